The summed E-state index contributed by atoms with van der Waals surface area (Å²) in [5.74, 6) is 0.305. The normalized spacial score (nSPS) is 20.0. The van der Waals surface area contributed by atoms with E-state index >= 15 is 0 Å². The molecule has 1 aliphatic rings. The highest BCUT2D eigenvalue weighted by molar-refractivity contribution is 5.92. The topological polar surface area (TPSA) is 77.2 Å². The van der Waals surface area contributed by atoms with E-state index in [4.69, 9.17) is 0 Å². The Morgan fingerprint density at radius 1 is 1.39 bits per heavy atom. The lowest BCUT2D eigenvalue weighted by atomic mass is 9.91. The van der Waals surface area contributed by atoms with Gasteiger partial charge in [0.05, 0.1) is 0 Å². The first-order chi connectivity index (χ1) is 10.8. The number of nitrogens with zero attached hydrogens (tertiary/aromatic N) is 1. The van der Waals surface area contributed by atoms with Crippen LogP contribution in [0.1, 0.15) is 51.0 Å². The molecule has 0 aliphatic carbocycles. The molecule has 0 bridgehead atoms. The number of H-pyrrole nitrogens is 1. The number of carbonyl (C=O) groups is 2. The van der Waals surface area contributed by atoms with Gasteiger partial charge in [0.25, 0.3) is 5.91 Å². The number of piperidine rings is 1. The van der Waals surface area contributed by atoms with E-state index in [0.717, 1.165) is 19.4 Å². The molecule has 2 atom stereocenters. The zero-order chi connectivity index (χ0) is 17.0. The fourth-order valence-electron chi connectivity index (χ4n) is 2.94. The van der Waals surface area contributed by atoms with E-state index in [1.54, 1.807) is 12.3 Å². The van der Waals surface area contributed by atoms with Gasteiger partial charge in [0.15, 0.2) is 0 Å². The van der Waals surface area contributed by atoms with E-state index in [0.29, 0.717) is 12.2 Å². The van der Waals surface area contributed by atoms with Crippen molar-refractivity contribution >= 4 is 11.9 Å². The number of urea groups is 1. The molecule has 1 saturated heterocycles. The van der Waals surface area contributed by atoms with Crippen molar-refractivity contribution in [1.82, 2.24) is 20.5 Å². The van der Waals surface area contributed by atoms with Crippen LogP contribution in [0.15, 0.2) is 18.3 Å². The third-order valence-corrected chi connectivity index (χ3v) is 4.13. The SMILES string of the molecule is C[C@H](NC(=O)NC(C)(C)C)[C@H]1CCCN(C(=O)c2ccc[nH]2)C1. The predicted octanol–water partition coefficient (Wildman–Crippen LogP) is 2.35. The second kappa shape index (κ2) is 7.06. The first-order valence-electron chi connectivity index (χ1n) is 8.27. The van der Waals surface area contributed by atoms with Crippen molar-refractivity contribution < 1.29 is 9.59 Å². The van der Waals surface area contributed by atoms with Crippen molar-refractivity contribution in [2.45, 2.75) is 52.1 Å². The van der Waals surface area contributed by atoms with Gasteiger partial charge in [-0.3, -0.25) is 4.79 Å². The minimum Gasteiger partial charge on any atom is -0.357 e. The van der Waals surface area contributed by atoms with Gasteiger partial charge in [0.2, 0.25) is 0 Å². The van der Waals surface area contributed by atoms with Gasteiger partial charge in [0.1, 0.15) is 5.69 Å². The lowest BCUT2D eigenvalue weighted by Crippen LogP contribution is -2.53. The zero-order valence-electron chi connectivity index (χ0n) is 14.5. The van der Waals surface area contributed by atoms with Crippen LogP contribution in [-0.2, 0) is 0 Å². The van der Waals surface area contributed by atoms with Crippen LogP contribution >= 0.6 is 0 Å². The first kappa shape index (κ1) is 17.4. The van der Waals surface area contributed by atoms with Gasteiger partial charge in [-0.05, 0) is 58.6 Å². The third kappa shape index (κ3) is 5.01. The zero-order valence-corrected chi connectivity index (χ0v) is 14.5. The Balaban J connectivity index is 1.90. The van der Waals surface area contributed by atoms with E-state index in [9.17, 15) is 9.59 Å². The van der Waals surface area contributed by atoms with Gasteiger partial charge in [-0.15, -0.1) is 0 Å². The van der Waals surface area contributed by atoms with Gasteiger partial charge < -0.3 is 20.5 Å². The highest BCUT2D eigenvalue weighted by atomic mass is 16.2. The molecule has 6 nitrogen and oxygen atoms in total. The predicted molar refractivity (Wildman–Crippen MR) is 90.3 cm³/mol. The third-order valence-electron chi connectivity index (χ3n) is 4.13. The molecule has 2 rings (SSSR count). The van der Waals surface area contributed by atoms with Crippen LogP contribution in [0.3, 0.4) is 0 Å². The smallest absolute Gasteiger partial charge is 0.315 e. The summed E-state index contributed by atoms with van der Waals surface area (Å²) in [5.41, 5.74) is 0.364. The second-order valence-electron chi connectivity index (χ2n) is 7.37. The molecule has 23 heavy (non-hydrogen) atoms. The Bertz CT molecular complexity index is 533. The Morgan fingerprint density at radius 2 is 2.13 bits per heavy atom. The summed E-state index contributed by atoms with van der Waals surface area (Å²) in [5, 5.41) is 5.91. The number of aromatic nitrogens is 1. The maximum atomic E-state index is 12.4. The minimum atomic E-state index is -0.258. The molecular weight excluding hydrogens is 292 g/mol. The van der Waals surface area contributed by atoms with E-state index in [1.165, 1.54) is 0 Å². The van der Waals surface area contributed by atoms with Crippen LogP contribution in [0.2, 0.25) is 0 Å². The van der Waals surface area contributed by atoms with Crippen molar-refractivity contribution in [3.8, 4) is 0 Å². The number of aromatic amines is 1. The summed E-state index contributed by atoms with van der Waals surface area (Å²) >= 11 is 0. The molecule has 1 aromatic heterocycles. The summed E-state index contributed by atoms with van der Waals surface area (Å²) < 4.78 is 0. The number of hydrogen-bond donors (Lipinski definition) is 3. The lowest BCUT2D eigenvalue weighted by molar-refractivity contribution is 0.0648. The van der Waals surface area contributed by atoms with Crippen LogP contribution in [0.25, 0.3) is 0 Å². The quantitative estimate of drug-likeness (QED) is 0.799. The minimum absolute atomic E-state index is 0.0246. The summed E-state index contributed by atoms with van der Waals surface area (Å²) in [6.07, 6.45) is 3.74. The van der Waals surface area contributed by atoms with Crippen molar-refractivity contribution in [1.29, 1.82) is 0 Å². The van der Waals surface area contributed by atoms with Gasteiger partial charge in [0, 0.05) is 30.9 Å². The number of rotatable bonds is 3. The molecule has 0 spiro atoms. The molecule has 3 N–H and O–H groups in total. The maximum Gasteiger partial charge on any atom is 0.315 e. The fraction of sp³-hybridized carbons (Fsp3) is 0.647. The van der Waals surface area contributed by atoms with Gasteiger partial charge >= 0.3 is 6.03 Å². The number of carbonyl (C=O) groups excluding carboxylic acids is 2. The van der Waals surface area contributed by atoms with E-state index in [1.807, 2.05) is 38.7 Å². The van der Waals surface area contributed by atoms with Crippen LogP contribution in [-0.4, -0.2) is 46.5 Å². The Morgan fingerprint density at radius 3 is 2.74 bits per heavy atom. The van der Waals surface area contributed by atoms with Crippen LogP contribution in [0.4, 0.5) is 4.79 Å². The number of amides is 3. The summed E-state index contributed by atoms with van der Waals surface area (Å²) in [4.78, 5) is 29.3. The molecule has 6 heteroatoms. The van der Waals surface area contributed by atoms with Crippen molar-refractivity contribution in [2.75, 3.05) is 13.1 Å². The largest absolute Gasteiger partial charge is 0.357 e. The average Bonchev–Trinajstić information content (AvgIpc) is 2.98. The summed E-state index contributed by atoms with van der Waals surface area (Å²) in [7, 11) is 0. The van der Waals surface area contributed by atoms with Gasteiger partial charge in [-0.25, -0.2) is 4.79 Å². The van der Waals surface area contributed by atoms with E-state index in [2.05, 4.69) is 15.6 Å². The molecule has 0 radical (unpaired) electrons. The van der Waals surface area contributed by atoms with Crippen LogP contribution in [0, 0.1) is 5.92 Å². The Kier molecular flexibility index (Phi) is 5.34. The van der Waals surface area contributed by atoms with E-state index < -0.39 is 0 Å². The average molecular weight is 320 g/mol. The highest BCUT2D eigenvalue weighted by Gasteiger charge is 2.29. The maximum absolute atomic E-state index is 12.4. The molecular formula is C17H28N4O2. The monoisotopic (exact) mass is 320 g/mol. The number of hydrogen-bond acceptors (Lipinski definition) is 2. The van der Waals surface area contributed by atoms with E-state index in [-0.39, 0.29) is 29.4 Å². The fourth-order valence-corrected chi connectivity index (χ4v) is 2.94. The first-order valence-corrected chi connectivity index (χ1v) is 8.27. The standard InChI is InChI=1S/C17H28N4O2/c1-12(19-16(23)20-17(2,3)4)13-7-6-10-21(11-13)15(22)14-8-5-9-18-14/h5,8-9,12-13,18H,6-7,10-11H2,1-4H3,(H2,19,20,23)/t12-,13-/m0/s1. The van der Waals surface area contributed by atoms with Crippen LogP contribution < -0.4 is 10.6 Å². The molecule has 1 aliphatic heterocycles. The van der Waals surface area contributed by atoms with Crippen molar-refractivity contribution in [3.05, 3.63) is 24.0 Å². The van der Waals surface area contributed by atoms with Crippen LogP contribution in [0.5, 0.6) is 0 Å². The molecule has 2 heterocycles. The lowest BCUT2D eigenvalue weighted by Gasteiger charge is -2.36. The molecule has 0 aromatic carbocycles. The van der Waals surface area contributed by atoms with Crippen molar-refractivity contribution in [2.24, 2.45) is 5.92 Å². The molecule has 128 valence electrons. The molecule has 1 fully saturated rings. The molecule has 1 aromatic rings. The molecule has 3 amide bonds. The number of likely N-dealkylation sites (tertiary alicyclic amines) is 1. The Hall–Kier alpha value is -1.98. The molecule has 0 saturated carbocycles. The van der Waals surface area contributed by atoms with Gasteiger partial charge in [-0.1, -0.05) is 0 Å². The summed E-state index contributed by atoms with van der Waals surface area (Å²) in [6.45, 7) is 9.32. The number of nitrogens with one attached hydrogen (secondary N) is 3. The van der Waals surface area contributed by atoms with Gasteiger partial charge in [-0.2, -0.15) is 0 Å². The highest BCUT2D eigenvalue weighted by Crippen LogP contribution is 2.21. The molecule has 0 unspecified atom stereocenters. The summed E-state index contributed by atoms with van der Waals surface area (Å²) in [6, 6.07) is 3.49. The Labute approximate surface area is 138 Å². The second-order valence-corrected chi connectivity index (χ2v) is 7.37. The van der Waals surface area contributed by atoms with Crippen molar-refractivity contribution in [3.63, 3.8) is 0 Å².